The van der Waals surface area contributed by atoms with Gasteiger partial charge in [-0.2, -0.15) is 0 Å². The van der Waals surface area contributed by atoms with Crippen molar-refractivity contribution in [2.45, 2.75) is 39.2 Å². The standard InChI is InChI=1S/C13H18O4/c1-4-5-12(14)16-11-8-6-10(7-9-11)13(2,3)17-15/h6-9,15H,4-5H2,1-3H3. The summed E-state index contributed by atoms with van der Waals surface area (Å²) in [6.45, 7) is 5.40. The fourth-order valence-electron chi connectivity index (χ4n) is 1.36. The molecule has 0 aromatic heterocycles. The zero-order valence-electron chi connectivity index (χ0n) is 10.4. The Labute approximate surface area is 101 Å². The molecule has 0 unspecified atom stereocenters. The van der Waals surface area contributed by atoms with Crippen molar-refractivity contribution in [3.63, 3.8) is 0 Å². The molecule has 1 aromatic rings. The second-order valence-electron chi connectivity index (χ2n) is 4.35. The van der Waals surface area contributed by atoms with Crippen LogP contribution in [0.2, 0.25) is 0 Å². The zero-order valence-corrected chi connectivity index (χ0v) is 10.4. The van der Waals surface area contributed by atoms with Gasteiger partial charge < -0.3 is 4.74 Å². The molecule has 0 bridgehead atoms. The van der Waals surface area contributed by atoms with Crippen LogP contribution in [-0.4, -0.2) is 11.2 Å². The Hall–Kier alpha value is -1.39. The molecular weight excluding hydrogens is 220 g/mol. The predicted molar refractivity (Wildman–Crippen MR) is 63.7 cm³/mol. The van der Waals surface area contributed by atoms with Gasteiger partial charge in [0.15, 0.2) is 0 Å². The topological polar surface area (TPSA) is 55.8 Å². The van der Waals surface area contributed by atoms with Gasteiger partial charge in [-0.3, -0.25) is 10.1 Å². The molecule has 0 spiro atoms. The van der Waals surface area contributed by atoms with Crippen molar-refractivity contribution in [2.24, 2.45) is 0 Å². The van der Waals surface area contributed by atoms with Gasteiger partial charge in [-0.05, 0) is 38.0 Å². The molecule has 17 heavy (non-hydrogen) atoms. The first kappa shape index (κ1) is 13.7. The summed E-state index contributed by atoms with van der Waals surface area (Å²) in [7, 11) is 0. The zero-order chi connectivity index (χ0) is 12.9. The van der Waals surface area contributed by atoms with Gasteiger partial charge in [0.2, 0.25) is 0 Å². The molecule has 0 saturated heterocycles. The van der Waals surface area contributed by atoms with E-state index in [0.717, 1.165) is 12.0 Å². The van der Waals surface area contributed by atoms with Crippen molar-refractivity contribution < 1.29 is 19.7 Å². The molecule has 0 fully saturated rings. The van der Waals surface area contributed by atoms with E-state index >= 15 is 0 Å². The Kier molecular flexibility index (Phi) is 4.66. The largest absolute Gasteiger partial charge is 0.427 e. The summed E-state index contributed by atoms with van der Waals surface area (Å²) in [4.78, 5) is 15.6. The summed E-state index contributed by atoms with van der Waals surface area (Å²) in [6, 6.07) is 6.88. The molecule has 4 heteroatoms. The molecule has 0 amide bonds. The van der Waals surface area contributed by atoms with Gasteiger partial charge in [-0.25, -0.2) is 4.89 Å². The van der Waals surface area contributed by atoms with Crippen LogP contribution in [-0.2, 0) is 15.3 Å². The van der Waals surface area contributed by atoms with Gasteiger partial charge in [-0.1, -0.05) is 19.1 Å². The van der Waals surface area contributed by atoms with Crippen LogP contribution in [0.25, 0.3) is 0 Å². The van der Waals surface area contributed by atoms with Crippen LogP contribution in [0.4, 0.5) is 0 Å². The molecule has 0 radical (unpaired) electrons. The molecule has 1 rings (SSSR count). The minimum absolute atomic E-state index is 0.238. The van der Waals surface area contributed by atoms with E-state index in [2.05, 4.69) is 4.89 Å². The Morgan fingerprint density at radius 1 is 1.29 bits per heavy atom. The molecular formula is C13H18O4. The average Bonchev–Trinajstić information content (AvgIpc) is 2.30. The highest BCUT2D eigenvalue weighted by atomic mass is 17.1. The highest BCUT2D eigenvalue weighted by Gasteiger charge is 2.21. The van der Waals surface area contributed by atoms with Crippen LogP contribution in [0.1, 0.15) is 39.2 Å². The SMILES string of the molecule is CCCC(=O)Oc1ccc(C(C)(C)OO)cc1. The van der Waals surface area contributed by atoms with Crippen molar-refractivity contribution in [1.29, 1.82) is 0 Å². The first-order chi connectivity index (χ1) is 7.99. The van der Waals surface area contributed by atoms with Crippen molar-refractivity contribution in [2.75, 3.05) is 0 Å². The highest BCUT2D eigenvalue weighted by Crippen LogP contribution is 2.25. The van der Waals surface area contributed by atoms with Crippen LogP contribution in [0.3, 0.4) is 0 Å². The lowest BCUT2D eigenvalue weighted by Crippen LogP contribution is -2.19. The maximum atomic E-state index is 11.3. The highest BCUT2D eigenvalue weighted by molar-refractivity contribution is 5.72. The fourth-order valence-corrected chi connectivity index (χ4v) is 1.36. The maximum Gasteiger partial charge on any atom is 0.311 e. The van der Waals surface area contributed by atoms with E-state index in [1.807, 2.05) is 6.92 Å². The third kappa shape index (κ3) is 3.84. The Morgan fingerprint density at radius 2 is 1.88 bits per heavy atom. The maximum absolute atomic E-state index is 11.3. The van der Waals surface area contributed by atoms with Gasteiger partial charge in [0.05, 0.1) is 0 Å². The van der Waals surface area contributed by atoms with Crippen LogP contribution in [0.15, 0.2) is 24.3 Å². The molecule has 1 N–H and O–H groups in total. The molecule has 0 atom stereocenters. The minimum Gasteiger partial charge on any atom is -0.427 e. The summed E-state index contributed by atoms with van der Waals surface area (Å²) >= 11 is 0. The molecule has 94 valence electrons. The van der Waals surface area contributed by atoms with Crippen molar-refractivity contribution >= 4 is 5.97 Å². The van der Waals surface area contributed by atoms with Crippen LogP contribution < -0.4 is 4.74 Å². The summed E-state index contributed by atoms with van der Waals surface area (Å²) in [5, 5.41) is 8.75. The lowest BCUT2D eigenvalue weighted by molar-refractivity contribution is -0.318. The van der Waals surface area contributed by atoms with Gasteiger partial charge in [0.1, 0.15) is 11.4 Å². The first-order valence-electron chi connectivity index (χ1n) is 5.63. The number of rotatable bonds is 5. The minimum atomic E-state index is -0.772. The van der Waals surface area contributed by atoms with Gasteiger partial charge in [0.25, 0.3) is 0 Å². The lowest BCUT2D eigenvalue weighted by Gasteiger charge is -2.20. The van der Waals surface area contributed by atoms with Gasteiger partial charge in [-0.15, -0.1) is 0 Å². The third-order valence-corrected chi connectivity index (χ3v) is 2.46. The van der Waals surface area contributed by atoms with Crippen LogP contribution in [0, 0.1) is 0 Å². The summed E-state index contributed by atoms with van der Waals surface area (Å²) in [6.07, 6.45) is 1.18. The number of hydrogen-bond donors (Lipinski definition) is 1. The Balaban J connectivity index is 2.72. The molecule has 0 aliphatic heterocycles. The van der Waals surface area contributed by atoms with Gasteiger partial charge in [0, 0.05) is 6.42 Å². The normalized spacial score (nSPS) is 11.3. The van der Waals surface area contributed by atoms with Gasteiger partial charge >= 0.3 is 5.97 Å². The Bertz CT molecular complexity index is 368. The van der Waals surface area contributed by atoms with E-state index in [9.17, 15) is 4.79 Å². The molecule has 0 heterocycles. The first-order valence-corrected chi connectivity index (χ1v) is 5.63. The molecule has 1 aromatic carbocycles. The number of esters is 1. The smallest absolute Gasteiger partial charge is 0.311 e. The number of hydrogen-bond acceptors (Lipinski definition) is 4. The van der Waals surface area contributed by atoms with Crippen molar-refractivity contribution in [3.05, 3.63) is 29.8 Å². The van der Waals surface area contributed by atoms with E-state index in [4.69, 9.17) is 9.99 Å². The van der Waals surface area contributed by atoms with E-state index in [1.54, 1.807) is 38.1 Å². The number of benzene rings is 1. The number of ether oxygens (including phenoxy) is 1. The van der Waals surface area contributed by atoms with E-state index in [0.29, 0.717) is 12.2 Å². The summed E-state index contributed by atoms with van der Waals surface area (Å²) in [5.41, 5.74) is 0.0293. The Morgan fingerprint density at radius 3 is 2.35 bits per heavy atom. The predicted octanol–water partition coefficient (Wildman–Crippen LogP) is 3.12. The molecule has 0 saturated carbocycles. The van der Waals surface area contributed by atoms with E-state index in [-0.39, 0.29) is 5.97 Å². The average molecular weight is 238 g/mol. The quantitative estimate of drug-likeness (QED) is 0.370. The molecule has 4 nitrogen and oxygen atoms in total. The summed E-state index contributed by atoms with van der Waals surface area (Å²) < 4.78 is 5.11. The third-order valence-electron chi connectivity index (χ3n) is 2.46. The second-order valence-corrected chi connectivity index (χ2v) is 4.35. The van der Waals surface area contributed by atoms with E-state index in [1.165, 1.54) is 0 Å². The number of carbonyl (C=O) groups is 1. The summed E-state index contributed by atoms with van der Waals surface area (Å²) in [5.74, 6) is 0.263. The van der Waals surface area contributed by atoms with Crippen molar-refractivity contribution in [1.82, 2.24) is 0 Å². The fraction of sp³-hybridized carbons (Fsp3) is 0.462. The lowest BCUT2D eigenvalue weighted by atomic mass is 9.98. The monoisotopic (exact) mass is 238 g/mol. The van der Waals surface area contributed by atoms with Crippen LogP contribution >= 0.6 is 0 Å². The molecule has 0 aliphatic carbocycles. The van der Waals surface area contributed by atoms with E-state index < -0.39 is 5.60 Å². The van der Waals surface area contributed by atoms with Crippen LogP contribution in [0.5, 0.6) is 5.75 Å². The second kappa shape index (κ2) is 5.80. The number of carbonyl (C=O) groups excluding carboxylic acids is 1. The van der Waals surface area contributed by atoms with Crippen molar-refractivity contribution in [3.8, 4) is 5.75 Å². The molecule has 0 aliphatic rings.